The largest absolute Gasteiger partial charge is 0.418 e. The molecule has 3 N–H and O–H groups in total. The first-order chi connectivity index (χ1) is 8.84. The average Bonchev–Trinajstić information content (AvgIpc) is 2.75. The molecule has 1 saturated heterocycles. The summed E-state index contributed by atoms with van der Waals surface area (Å²) < 4.78 is 43.0. The molecule has 0 saturated carbocycles. The molecule has 1 fully saturated rings. The van der Waals surface area contributed by atoms with Crippen LogP contribution < -0.4 is 5.73 Å². The Morgan fingerprint density at radius 3 is 2.79 bits per heavy atom. The number of rotatable bonds is 3. The van der Waals surface area contributed by atoms with E-state index in [1.54, 1.807) is 0 Å². The summed E-state index contributed by atoms with van der Waals surface area (Å²) in [5.74, 6) is 0.505. The number of likely N-dealkylation sites (tertiary alicyclic amines) is 1. The Labute approximate surface area is 107 Å². The topological polar surface area (TPSA) is 88.4 Å². The van der Waals surface area contributed by atoms with Crippen LogP contribution in [0.4, 0.5) is 13.2 Å². The van der Waals surface area contributed by atoms with Crippen molar-refractivity contribution >= 4 is 0 Å². The fourth-order valence-electron chi connectivity index (χ4n) is 2.13. The van der Waals surface area contributed by atoms with Crippen LogP contribution in [0.1, 0.15) is 24.6 Å². The Kier molecular flexibility index (Phi) is 3.79. The number of halogens is 3. The summed E-state index contributed by atoms with van der Waals surface area (Å²) >= 11 is 0. The minimum absolute atomic E-state index is 0.0828. The van der Waals surface area contributed by atoms with Gasteiger partial charge in [-0.1, -0.05) is 5.16 Å². The molecule has 0 amide bonds. The Balaban J connectivity index is 2.02. The summed E-state index contributed by atoms with van der Waals surface area (Å²) in [6.45, 7) is 0.148. The van der Waals surface area contributed by atoms with Gasteiger partial charge in [0.2, 0.25) is 5.89 Å². The van der Waals surface area contributed by atoms with E-state index in [-0.39, 0.29) is 37.6 Å². The van der Waals surface area contributed by atoms with Crippen molar-refractivity contribution in [1.82, 2.24) is 15.0 Å². The number of aliphatic hydroxyl groups is 1. The minimum Gasteiger partial charge on any atom is -0.379 e. The third-order valence-corrected chi connectivity index (χ3v) is 3.13. The smallest absolute Gasteiger partial charge is 0.379 e. The zero-order valence-electron chi connectivity index (χ0n) is 10.2. The van der Waals surface area contributed by atoms with Crippen molar-refractivity contribution in [3.05, 3.63) is 11.7 Å². The second kappa shape index (κ2) is 5.06. The highest BCUT2D eigenvalue weighted by Crippen LogP contribution is 2.37. The van der Waals surface area contributed by atoms with Crippen LogP contribution in [0.5, 0.6) is 0 Å². The third kappa shape index (κ3) is 3.04. The van der Waals surface area contributed by atoms with E-state index in [2.05, 4.69) is 10.1 Å². The number of β-amino-alcohol motifs (C(OH)–C–C–N with tert-alkyl or cyclic N) is 1. The third-order valence-electron chi connectivity index (χ3n) is 3.13. The van der Waals surface area contributed by atoms with Crippen LogP contribution in [-0.4, -0.2) is 45.0 Å². The number of aromatic nitrogens is 2. The lowest BCUT2D eigenvalue weighted by molar-refractivity contribution is -0.274. The maximum absolute atomic E-state index is 12.8. The summed E-state index contributed by atoms with van der Waals surface area (Å²) in [7, 11) is 0. The number of nitrogens with two attached hydrogens (primary N) is 1. The van der Waals surface area contributed by atoms with Crippen molar-refractivity contribution in [2.24, 2.45) is 5.73 Å². The summed E-state index contributed by atoms with van der Waals surface area (Å²) in [5.41, 5.74) is 2.64. The van der Waals surface area contributed by atoms with Crippen LogP contribution in [0, 0.1) is 0 Å². The molecular weight excluding hydrogens is 265 g/mol. The quantitative estimate of drug-likeness (QED) is 0.834. The van der Waals surface area contributed by atoms with Crippen LogP contribution in [-0.2, 0) is 13.1 Å². The molecule has 9 heteroatoms. The van der Waals surface area contributed by atoms with E-state index in [1.807, 2.05) is 0 Å². The normalized spacial score (nSPS) is 25.7. The van der Waals surface area contributed by atoms with Gasteiger partial charge in [0.1, 0.15) is 0 Å². The van der Waals surface area contributed by atoms with Crippen LogP contribution in [0.15, 0.2) is 4.52 Å². The van der Waals surface area contributed by atoms with Gasteiger partial charge in [-0.3, -0.25) is 4.90 Å². The van der Waals surface area contributed by atoms with Gasteiger partial charge in [-0.05, 0) is 19.4 Å². The first-order valence-electron chi connectivity index (χ1n) is 5.87. The molecule has 19 heavy (non-hydrogen) atoms. The average molecular weight is 280 g/mol. The molecule has 0 aliphatic carbocycles. The maximum Gasteiger partial charge on any atom is 0.418 e. The molecule has 0 bridgehead atoms. The monoisotopic (exact) mass is 280 g/mol. The molecule has 1 aliphatic heterocycles. The predicted molar refractivity (Wildman–Crippen MR) is 57.7 cm³/mol. The molecule has 0 radical (unpaired) electrons. The van der Waals surface area contributed by atoms with Crippen LogP contribution in [0.25, 0.3) is 0 Å². The van der Waals surface area contributed by atoms with Gasteiger partial charge in [-0.25, -0.2) is 0 Å². The Bertz CT molecular complexity index is 437. The van der Waals surface area contributed by atoms with E-state index in [1.165, 1.54) is 4.90 Å². The van der Waals surface area contributed by atoms with E-state index in [4.69, 9.17) is 10.3 Å². The molecule has 2 heterocycles. The standard InChI is InChI=1S/C10H15F3N4O2/c11-10(12,13)9(18)2-1-3-17(6-9)5-7-15-8(4-14)19-16-7/h18H,1-6,14H2. The lowest BCUT2D eigenvalue weighted by atomic mass is 9.92. The van der Waals surface area contributed by atoms with Gasteiger partial charge in [0, 0.05) is 6.54 Å². The highest BCUT2D eigenvalue weighted by molar-refractivity contribution is 4.95. The Morgan fingerprint density at radius 2 is 2.21 bits per heavy atom. The molecule has 1 aromatic rings. The molecule has 108 valence electrons. The molecule has 2 rings (SSSR count). The van der Waals surface area contributed by atoms with Gasteiger partial charge >= 0.3 is 6.18 Å². The Morgan fingerprint density at radius 1 is 1.47 bits per heavy atom. The fraction of sp³-hybridized carbons (Fsp3) is 0.800. The van der Waals surface area contributed by atoms with Crippen molar-refractivity contribution in [3.63, 3.8) is 0 Å². The number of hydrogen-bond donors (Lipinski definition) is 2. The van der Waals surface area contributed by atoms with E-state index >= 15 is 0 Å². The highest BCUT2D eigenvalue weighted by Gasteiger charge is 2.55. The van der Waals surface area contributed by atoms with Gasteiger partial charge in [-0.15, -0.1) is 0 Å². The molecule has 0 spiro atoms. The van der Waals surface area contributed by atoms with Gasteiger partial charge < -0.3 is 15.4 Å². The van der Waals surface area contributed by atoms with Crippen molar-refractivity contribution in [3.8, 4) is 0 Å². The first-order valence-corrected chi connectivity index (χ1v) is 5.87. The number of piperidine rings is 1. The van der Waals surface area contributed by atoms with Crippen molar-refractivity contribution in [2.45, 2.75) is 37.7 Å². The van der Waals surface area contributed by atoms with Gasteiger partial charge in [-0.2, -0.15) is 18.2 Å². The van der Waals surface area contributed by atoms with Crippen LogP contribution in [0.2, 0.25) is 0 Å². The minimum atomic E-state index is -4.63. The zero-order chi connectivity index (χ0) is 14.1. The van der Waals surface area contributed by atoms with Crippen molar-refractivity contribution < 1.29 is 22.8 Å². The predicted octanol–water partition coefficient (Wildman–Crippen LogP) is 0.417. The molecule has 0 aromatic carbocycles. The molecule has 1 atom stereocenters. The summed E-state index contributed by atoms with van der Waals surface area (Å²) in [4.78, 5) is 5.39. The van der Waals surface area contributed by atoms with E-state index in [0.29, 0.717) is 6.54 Å². The van der Waals surface area contributed by atoms with Crippen LogP contribution >= 0.6 is 0 Å². The van der Waals surface area contributed by atoms with Crippen LogP contribution in [0.3, 0.4) is 0 Å². The lowest BCUT2D eigenvalue weighted by Crippen LogP contribution is -2.56. The first kappa shape index (κ1) is 14.2. The highest BCUT2D eigenvalue weighted by atomic mass is 19.4. The molecule has 1 aromatic heterocycles. The van der Waals surface area contributed by atoms with Crippen molar-refractivity contribution in [1.29, 1.82) is 0 Å². The summed E-state index contributed by atoms with van der Waals surface area (Å²) in [6.07, 6.45) is -4.66. The molecule has 6 nitrogen and oxygen atoms in total. The number of hydrogen-bond acceptors (Lipinski definition) is 6. The van der Waals surface area contributed by atoms with Gasteiger partial charge in [0.25, 0.3) is 0 Å². The molecule has 1 aliphatic rings. The van der Waals surface area contributed by atoms with E-state index < -0.39 is 18.3 Å². The Hall–Kier alpha value is -1.19. The second-order valence-corrected chi connectivity index (χ2v) is 4.65. The van der Waals surface area contributed by atoms with Crippen molar-refractivity contribution in [2.75, 3.05) is 13.1 Å². The van der Waals surface area contributed by atoms with E-state index in [9.17, 15) is 18.3 Å². The number of alkyl halides is 3. The van der Waals surface area contributed by atoms with Gasteiger partial charge in [0.05, 0.1) is 13.1 Å². The molecule has 1 unspecified atom stereocenters. The zero-order valence-corrected chi connectivity index (χ0v) is 10.2. The maximum atomic E-state index is 12.8. The fourth-order valence-corrected chi connectivity index (χ4v) is 2.13. The second-order valence-electron chi connectivity index (χ2n) is 4.65. The summed E-state index contributed by atoms with van der Waals surface area (Å²) in [5, 5.41) is 13.3. The number of nitrogens with zero attached hydrogens (tertiary/aromatic N) is 3. The summed E-state index contributed by atoms with van der Waals surface area (Å²) in [6, 6.07) is 0. The van der Waals surface area contributed by atoms with Gasteiger partial charge in [0.15, 0.2) is 11.4 Å². The lowest BCUT2D eigenvalue weighted by Gasteiger charge is -2.39. The van der Waals surface area contributed by atoms with E-state index in [0.717, 1.165) is 0 Å². The SMILES string of the molecule is NCc1nc(CN2CCCC(O)(C(F)(F)F)C2)no1. The molecular formula is C10H15F3N4O2.